The summed E-state index contributed by atoms with van der Waals surface area (Å²) in [7, 11) is 0. The molecule has 0 aliphatic carbocycles. The van der Waals surface area contributed by atoms with Gasteiger partial charge in [0.05, 0.1) is 0 Å². The van der Waals surface area contributed by atoms with Gasteiger partial charge in [-0.15, -0.1) is 0 Å². The first-order chi connectivity index (χ1) is 9.79. The molecular weight excluding hydrogens is 274 g/mol. The van der Waals surface area contributed by atoms with Crippen LogP contribution in [0.5, 0.6) is 0 Å². The average molecular weight is 293 g/mol. The van der Waals surface area contributed by atoms with E-state index < -0.39 is 23.9 Å². The largest absolute Gasteiger partial charge is 0.480 e. The summed E-state index contributed by atoms with van der Waals surface area (Å²) in [5.41, 5.74) is 7.41. The molecule has 1 aromatic rings. The minimum absolute atomic E-state index is 0.0507. The summed E-state index contributed by atoms with van der Waals surface area (Å²) in [5.74, 6) is -1.83. The van der Waals surface area contributed by atoms with E-state index >= 15 is 0 Å². The molecular formula is C14H19N3O4. The molecule has 1 aromatic carbocycles. The number of primary amides is 1. The molecule has 0 aliphatic heterocycles. The van der Waals surface area contributed by atoms with Crippen LogP contribution in [-0.2, 0) is 9.59 Å². The van der Waals surface area contributed by atoms with Crippen molar-refractivity contribution >= 4 is 23.6 Å². The van der Waals surface area contributed by atoms with Gasteiger partial charge in [-0.25, -0.2) is 9.59 Å². The smallest absolute Gasteiger partial charge is 0.326 e. The summed E-state index contributed by atoms with van der Waals surface area (Å²) in [6.45, 7) is 3.71. The van der Waals surface area contributed by atoms with Crippen molar-refractivity contribution in [3.63, 3.8) is 0 Å². The Morgan fingerprint density at radius 2 is 1.95 bits per heavy atom. The van der Waals surface area contributed by atoms with Crippen molar-refractivity contribution < 1.29 is 19.5 Å². The molecule has 7 heteroatoms. The predicted molar refractivity (Wildman–Crippen MR) is 77.9 cm³/mol. The van der Waals surface area contributed by atoms with Crippen LogP contribution in [0.25, 0.3) is 0 Å². The fourth-order valence-corrected chi connectivity index (χ4v) is 1.73. The molecule has 21 heavy (non-hydrogen) atoms. The molecule has 114 valence electrons. The Morgan fingerprint density at radius 3 is 2.52 bits per heavy atom. The van der Waals surface area contributed by atoms with Crippen LogP contribution >= 0.6 is 0 Å². The molecule has 0 bridgehead atoms. The summed E-state index contributed by atoms with van der Waals surface area (Å²) in [6, 6.07) is 3.75. The molecule has 0 spiro atoms. The number of rotatable bonds is 6. The van der Waals surface area contributed by atoms with Crippen molar-refractivity contribution in [2.45, 2.75) is 32.7 Å². The standard InChI is InChI=1S/C14H19N3O4/c1-8-3-4-9(2)11(7-8)17-14(21)16-10(13(19)20)5-6-12(15)18/h3-4,7,10H,5-6H2,1-2H3,(H2,15,18)(H,19,20)(H2,16,17,21)/t10-/m0/s1. The van der Waals surface area contributed by atoms with Crippen molar-refractivity contribution in [1.29, 1.82) is 0 Å². The molecule has 0 fully saturated rings. The lowest BCUT2D eigenvalue weighted by atomic mass is 10.1. The van der Waals surface area contributed by atoms with Gasteiger partial charge in [0, 0.05) is 12.1 Å². The maximum absolute atomic E-state index is 11.8. The zero-order chi connectivity index (χ0) is 16.0. The van der Waals surface area contributed by atoms with Gasteiger partial charge >= 0.3 is 12.0 Å². The number of anilines is 1. The van der Waals surface area contributed by atoms with Gasteiger partial charge in [-0.1, -0.05) is 12.1 Å². The minimum atomic E-state index is -1.22. The van der Waals surface area contributed by atoms with Crippen LogP contribution in [-0.4, -0.2) is 29.1 Å². The maximum Gasteiger partial charge on any atom is 0.326 e. The number of nitrogens with two attached hydrogens (primary N) is 1. The zero-order valence-corrected chi connectivity index (χ0v) is 12.0. The molecule has 0 radical (unpaired) electrons. The highest BCUT2D eigenvalue weighted by Gasteiger charge is 2.20. The first kappa shape index (κ1) is 16.5. The summed E-state index contributed by atoms with van der Waals surface area (Å²) >= 11 is 0. The molecule has 0 saturated heterocycles. The van der Waals surface area contributed by atoms with Crippen LogP contribution in [0.15, 0.2) is 18.2 Å². The quantitative estimate of drug-likeness (QED) is 0.628. The Bertz CT molecular complexity index is 557. The molecule has 5 N–H and O–H groups in total. The highest BCUT2D eigenvalue weighted by atomic mass is 16.4. The third-order valence-corrected chi connectivity index (χ3v) is 2.92. The van der Waals surface area contributed by atoms with Gasteiger partial charge in [0.25, 0.3) is 0 Å². The summed E-state index contributed by atoms with van der Waals surface area (Å²) in [5, 5.41) is 13.9. The van der Waals surface area contributed by atoms with Gasteiger partial charge in [-0.3, -0.25) is 4.79 Å². The van der Waals surface area contributed by atoms with E-state index in [4.69, 9.17) is 10.8 Å². The molecule has 0 unspecified atom stereocenters. The second-order valence-corrected chi connectivity index (χ2v) is 4.81. The van der Waals surface area contributed by atoms with Crippen molar-refractivity contribution in [2.75, 3.05) is 5.32 Å². The van der Waals surface area contributed by atoms with Crippen LogP contribution < -0.4 is 16.4 Å². The number of nitrogens with one attached hydrogen (secondary N) is 2. The topological polar surface area (TPSA) is 122 Å². The van der Waals surface area contributed by atoms with Crippen molar-refractivity contribution in [2.24, 2.45) is 5.73 Å². The summed E-state index contributed by atoms with van der Waals surface area (Å²) in [4.78, 5) is 33.5. The van der Waals surface area contributed by atoms with Crippen LogP contribution in [0, 0.1) is 13.8 Å². The molecule has 1 atom stereocenters. The number of aryl methyl sites for hydroxylation is 2. The molecule has 1 rings (SSSR count). The van der Waals surface area contributed by atoms with Crippen molar-refractivity contribution in [3.05, 3.63) is 29.3 Å². The lowest BCUT2D eigenvalue weighted by Gasteiger charge is -2.15. The van der Waals surface area contributed by atoms with E-state index in [0.29, 0.717) is 5.69 Å². The Hall–Kier alpha value is -2.57. The highest BCUT2D eigenvalue weighted by Crippen LogP contribution is 2.16. The first-order valence-corrected chi connectivity index (χ1v) is 6.45. The molecule has 0 aromatic heterocycles. The average Bonchev–Trinajstić information content (AvgIpc) is 2.38. The Balaban J connectivity index is 2.67. The number of benzene rings is 1. The Morgan fingerprint density at radius 1 is 1.29 bits per heavy atom. The fourth-order valence-electron chi connectivity index (χ4n) is 1.73. The number of carboxylic acid groups (broad SMARTS) is 1. The number of amides is 3. The maximum atomic E-state index is 11.8. The van der Waals surface area contributed by atoms with E-state index in [1.165, 1.54) is 0 Å². The number of aliphatic carboxylic acids is 1. The number of hydrogen-bond donors (Lipinski definition) is 4. The third kappa shape index (κ3) is 5.52. The molecule has 7 nitrogen and oxygen atoms in total. The monoisotopic (exact) mass is 293 g/mol. The molecule has 0 heterocycles. The summed E-state index contributed by atoms with van der Waals surface area (Å²) in [6.07, 6.45) is -0.161. The van der Waals surface area contributed by atoms with E-state index in [2.05, 4.69) is 10.6 Å². The number of carboxylic acids is 1. The third-order valence-electron chi connectivity index (χ3n) is 2.92. The van der Waals surface area contributed by atoms with E-state index in [0.717, 1.165) is 11.1 Å². The molecule has 3 amide bonds. The van der Waals surface area contributed by atoms with Gasteiger partial charge in [0.1, 0.15) is 6.04 Å². The molecule has 0 saturated carbocycles. The van der Waals surface area contributed by atoms with Crippen LogP contribution in [0.1, 0.15) is 24.0 Å². The normalized spacial score (nSPS) is 11.5. The number of carbonyl (C=O) groups excluding carboxylic acids is 2. The number of hydrogen-bond acceptors (Lipinski definition) is 3. The van der Waals surface area contributed by atoms with E-state index in [1.807, 2.05) is 26.0 Å². The van der Waals surface area contributed by atoms with Crippen molar-refractivity contribution in [1.82, 2.24) is 5.32 Å². The highest BCUT2D eigenvalue weighted by molar-refractivity contribution is 5.93. The number of carbonyl (C=O) groups is 3. The SMILES string of the molecule is Cc1ccc(C)c(NC(=O)N[C@@H](CCC(N)=O)C(=O)O)c1. The van der Waals surface area contributed by atoms with E-state index in [-0.39, 0.29) is 12.8 Å². The van der Waals surface area contributed by atoms with Gasteiger partial charge in [0.15, 0.2) is 0 Å². The second kappa shape index (κ2) is 7.28. The lowest BCUT2D eigenvalue weighted by Crippen LogP contribution is -2.43. The van der Waals surface area contributed by atoms with Gasteiger partial charge in [-0.05, 0) is 37.5 Å². The summed E-state index contributed by atoms with van der Waals surface area (Å²) < 4.78 is 0. The molecule has 0 aliphatic rings. The van der Waals surface area contributed by atoms with E-state index in [9.17, 15) is 14.4 Å². The second-order valence-electron chi connectivity index (χ2n) is 4.81. The first-order valence-electron chi connectivity index (χ1n) is 6.45. The fraction of sp³-hybridized carbons (Fsp3) is 0.357. The Kier molecular flexibility index (Phi) is 5.71. The minimum Gasteiger partial charge on any atom is -0.480 e. The van der Waals surface area contributed by atoms with Crippen LogP contribution in [0.4, 0.5) is 10.5 Å². The van der Waals surface area contributed by atoms with Gasteiger partial charge in [0.2, 0.25) is 5.91 Å². The Labute approximate surface area is 122 Å². The number of urea groups is 1. The van der Waals surface area contributed by atoms with E-state index in [1.54, 1.807) is 6.07 Å². The van der Waals surface area contributed by atoms with Gasteiger partial charge in [-0.2, -0.15) is 0 Å². The van der Waals surface area contributed by atoms with Crippen LogP contribution in [0.2, 0.25) is 0 Å². The predicted octanol–water partition coefficient (Wildman–Crippen LogP) is 1.14. The van der Waals surface area contributed by atoms with Crippen LogP contribution in [0.3, 0.4) is 0 Å². The lowest BCUT2D eigenvalue weighted by molar-refractivity contribution is -0.139. The zero-order valence-electron chi connectivity index (χ0n) is 12.0. The van der Waals surface area contributed by atoms with Crippen molar-refractivity contribution in [3.8, 4) is 0 Å². The van der Waals surface area contributed by atoms with Gasteiger partial charge < -0.3 is 21.5 Å².